The number of aromatic hydroxyl groups is 1. The topological polar surface area (TPSA) is 89.3 Å². The minimum absolute atomic E-state index is 0.00913. The van der Waals surface area contributed by atoms with Gasteiger partial charge in [0, 0.05) is 33.6 Å². The Hall–Kier alpha value is -3.30. The van der Waals surface area contributed by atoms with Crippen LogP contribution in [-0.4, -0.2) is 46.5 Å². The van der Waals surface area contributed by atoms with Crippen molar-refractivity contribution in [1.82, 2.24) is 9.88 Å². The highest BCUT2D eigenvalue weighted by Crippen LogP contribution is 2.47. The maximum Gasteiger partial charge on any atom is 0.195 e. The summed E-state index contributed by atoms with van der Waals surface area (Å²) in [5, 5.41) is 20.9. The van der Waals surface area contributed by atoms with Gasteiger partial charge in [-0.2, -0.15) is 5.26 Å². The predicted molar refractivity (Wildman–Crippen MR) is 134 cm³/mol. The molecule has 1 aliphatic heterocycles. The van der Waals surface area contributed by atoms with Crippen LogP contribution in [0.5, 0.6) is 11.5 Å². The normalized spacial score (nSPS) is 20.2. The van der Waals surface area contributed by atoms with Crippen LogP contribution in [-0.2, 0) is 5.41 Å². The van der Waals surface area contributed by atoms with Gasteiger partial charge in [0.15, 0.2) is 17.3 Å². The molecule has 3 aromatic rings. The largest absolute Gasteiger partial charge is 0.504 e. The molecule has 180 valence electrons. The van der Waals surface area contributed by atoms with E-state index in [-0.39, 0.29) is 11.5 Å². The molecule has 2 aliphatic carbocycles. The van der Waals surface area contributed by atoms with Crippen molar-refractivity contribution < 1.29 is 14.6 Å². The monoisotopic (exact) mass is 469 g/mol. The number of carbonyl (C=O) groups is 1. The number of phenols is 1. The predicted octanol–water partition coefficient (Wildman–Crippen LogP) is 5.26. The van der Waals surface area contributed by atoms with Crippen LogP contribution in [0, 0.1) is 17.2 Å². The summed E-state index contributed by atoms with van der Waals surface area (Å²) in [6, 6.07) is 11.7. The van der Waals surface area contributed by atoms with Crippen LogP contribution < -0.4 is 4.74 Å². The number of hydrogen-bond acceptors (Lipinski definition) is 5. The number of likely N-dealkylation sites (tertiary alicyclic amines) is 1. The molecule has 6 nitrogen and oxygen atoms in total. The van der Waals surface area contributed by atoms with Gasteiger partial charge in [-0.3, -0.25) is 4.79 Å². The number of fused-ring (bicyclic) bond motifs is 4. The van der Waals surface area contributed by atoms with Gasteiger partial charge in [0.25, 0.3) is 0 Å². The summed E-state index contributed by atoms with van der Waals surface area (Å²) >= 11 is 0. The Kier molecular flexibility index (Phi) is 5.16. The van der Waals surface area contributed by atoms with Gasteiger partial charge in [0.2, 0.25) is 0 Å². The van der Waals surface area contributed by atoms with Crippen molar-refractivity contribution in [2.24, 2.45) is 5.92 Å². The number of aromatic amines is 1. The molecule has 35 heavy (non-hydrogen) atoms. The number of carbonyl (C=O) groups excluding carboxylic acids is 1. The highest BCUT2D eigenvalue weighted by Gasteiger charge is 2.40. The first-order valence-corrected chi connectivity index (χ1v) is 12.7. The highest BCUT2D eigenvalue weighted by atomic mass is 16.5. The standard InChI is InChI=1S/C29H31N3O3/c1-29(2)22-14-25(35-16-17-8-10-32(11-9-17)19-4-3-5-19)24(33)13-21(22)27(34)26-20-7-6-18(15-30)12-23(20)31-28(26)29/h6-7,12-14,17,19,31,33H,3-5,8-11,16H2,1-2H3. The van der Waals surface area contributed by atoms with E-state index in [4.69, 9.17) is 4.74 Å². The number of benzene rings is 2. The molecular formula is C29H31N3O3. The van der Waals surface area contributed by atoms with Crippen LogP contribution in [0.3, 0.4) is 0 Å². The molecule has 1 saturated heterocycles. The number of piperidine rings is 1. The zero-order valence-electron chi connectivity index (χ0n) is 20.4. The number of rotatable bonds is 4. The number of ether oxygens (including phenoxy) is 1. The molecule has 1 aromatic heterocycles. The fraction of sp³-hybridized carbons (Fsp3) is 0.448. The summed E-state index contributed by atoms with van der Waals surface area (Å²) in [4.78, 5) is 19.6. The fourth-order valence-electron chi connectivity index (χ4n) is 6.07. The molecule has 3 aliphatic rings. The van der Waals surface area contributed by atoms with Crippen LogP contribution in [0.4, 0.5) is 0 Å². The van der Waals surface area contributed by atoms with Crippen LogP contribution in [0.25, 0.3) is 10.9 Å². The molecule has 2 fully saturated rings. The zero-order chi connectivity index (χ0) is 24.3. The molecule has 0 spiro atoms. The third kappa shape index (κ3) is 3.52. The maximum atomic E-state index is 13.6. The van der Waals surface area contributed by atoms with E-state index in [9.17, 15) is 15.2 Å². The Balaban J connectivity index is 1.27. The summed E-state index contributed by atoms with van der Waals surface area (Å²) in [6.45, 7) is 7.00. The van der Waals surface area contributed by atoms with Crippen LogP contribution in [0.2, 0.25) is 0 Å². The SMILES string of the molecule is CC1(C)c2cc(OCC3CCN(C4CCC4)CC3)c(O)cc2C(=O)c2c1[nH]c1cc(C#N)ccc21. The van der Waals surface area contributed by atoms with Crippen molar-refractivity contribution in [3.8, 4) is 17.6 Å². The molecule has 6 heteroatoms. The van der Waals surface area contributed by atoms with Crippen molar-refractivity contribution in [3.63, 3.8) is 0 Å². The summed E-state index contributed by atoms with van der Waals surface area (Å²) in [7, 11) is 0. The van der Waals surface area contributed by atoms with E-state index < -0.39 is 5.41 Å². The lowest BCUT2D eigenvalue weighted by atomic mass is 9.71. The van der Waals surface area contributed by atoms with Gasteiger partial charge in [-0.15, -0.1) is 0 Å². The zero-order valence-corrected chi connectivity index (χ0v) is 20.4. The second kappa shape index (κ2) is 8.13. The van der Waals surface area contributed by atoms with E-state index in [1.165, 1.54) is 19.3 Å². The van der Waals surface area contributed by atoms with Gasteiger partial charge in [-0.05, 0) is 74.5 Å². The van der Waals surface area contributed by atoms with Crippen molar-refractivity contribution in [1.29, 1.82) is 5.26 Å². The van der Waals surface area contributed by atoms with E-state index in [1.807, 2.05) is 12.1 Å². The molecule has 0 unspecified atom stereocenters. The van der Waals surface area contributed by atoms with Gasteiger partial charge < -0.3 is 19.7 Å². The molecule has 0 amide bonds. The summed E-state index contributed by atoms with van der Waals surface area (Å²) in [5.41, 5.74) is 3.63. The van der Waals surface area contributed by atoms with E-state index >= 15 is 0 Å². The van der Waals surface area contributed by atoms with Gasteiger partial charge in [0.1, 0.15) is 0 Å². The quantitative estimate of drug-likeness (QED) is 0.544. The van der Waals surface area contributed by atoms with Crippen molar-refractivity contribution in [2.45, 2.75) is 57.4 Å². The Labute approximate surface area is 205 Å². The van der Waals surface area contributed by atoms with E-state index in [1.54, 1.807) is 18.2 Å². The van der Waals surface area contributed by atoms with Crippen LogP contribution >= 0.6 is 0 Å². The maximum absolute atomic E-state index is 13.6. The van der Waals surface area contributed by atoms with E-state index in [2.05, 4.69) is 29.8 Å². The lowest BCUT2D eigenvalue weighted by Gasteiger charge is -2.41. The van der Waals surface area contributed by atoms with Gasteiger partial charge in [0.05, 0.1) is 23.8 Å². The number of nitrogens with zero attached hydrogens (tertiary/aromatic N) is 2. The Morgan fingerprint density at radius 3 is 2.63 bits per heavy atom. The third-order valence-corrected chi connectivity index (χ3v) is 8.51. The third-order valence-electron chi connectivity index (χ3n) is 8.51. The molecule has 2 aromatic carbocycles. The van der Waals surface area contributed by atoms with Crippen molar-refractivity contribution in [2.75, 3.05) is 19.7 Å². The highest BCUT2D eigenvalue weighted by molar-refractivity contribution is 6.20. The Morgan fingerprint density at radius 2 is 1.94 bits per heavy atom. The number of ketones is 1. The number of hydrogen-bond donors (Lipinski definition) is 2. The van der Waals surface area contributed by atoms with Gasteiger partial charge in [-0.1, -0.05) is 26.3 Å². The minimum Gasteiger partial charge on any atom is -0.504 e. The molecule has 2 heterocycles. The first-order valence-electron chi connectivity index (χ1n) is 12.7. The van der Waals surface area contributed by atoms with Gasteiger partial charge >= 0.3 is 0 Å². The summed E-state index contributed by atoms with van der Waals surface area (Å²) in [6.07, 6.45) is 6.29. The summed E-state index contributed by atoms with van der Waals surface area (Å²) in [5.74, 6) is 0.814. The molecular weight excluding hydrogens is 438 g/mol. The first kappa shape index (κ1) is 22.2. The number of aromatic nitrogens is 1. The first-order chi connectivity index (χ1) is 16.9. The minimum atomic E-state index is -0.496. The average Bonchev–Trinajstić information content (AvgIpc) is 3.21. The van der Waals surface area contributed by atoms with Gasteiger partial charge in [-0.25, -0.2) is 0 Å². The van der Waals surface area contributed by atoms with Crippen molar-refractivity contribution >= 4 is 16.7 Å². The molecule has 0 atom stereocenters. The lowest BCUT2D eigenvalue weighted by molar-refractivity contribution is 0.0704. The number of phenolic OH excluding ortho intramolecular Hbond substituents is 1. The van der Waals surface area contributed by atoms with Crippen molar-refractivity contribution in [3.05, 3.63) is 58.3 Å². The second-order valence-electron chi connectivity index (χ2n) is 10.9. The summed E-state index contributed by atoms with van der Waals surface area (Å²) < 4.78 is 6.16. The Bertz CT molecular complexity index is 1370. The molecule has 0 bridgehead atoms. The second-order valence-corrected chi connectivity index (χ2v) is 10.9. The lowest BCUT2D eigenvalue weighted by Crippen LogP contribution is -2.45. The molecule has 0 radical (unpaired) electrons. The fourth-order valence-corrected chi connectivity index (χ4v) is 6.07. The molecule has 1 saturated carbocycles. The van der Waals surface area contributed by atoms with Crippen LogP contribution in [0.15, 0.2) is 30.3 Å². The van der Waals surface area contributed by atoms with E-state index in [0.717, 1.165) is 54.1 Å². The smallest absolute Gasteiger partial charge is 0.195 e. The van der Waals surface area contributed by atoms with E-state index in [0.29, 0.717) is 35.0 Å². The Morgan fingerprint density at radius 1 is 1.17 bits per heavy atom. The molecule has 2 N–H and O–H groups in total. The van der Waals surface area contributed by atoms with Crippen LogP contribution in [0.1, 0.15) is 78.7 Å². The average molecular weight is 470 g/mol. The molecule has 6 rings (SSSR count). The number of nitriles is 1. The number of nitrogens with one attached hydrogen (secondary N) is 1. The number of H-pyrrole nitrogens is 1.